The molecule has 0 saturated carbocycles. The number of hydrogen-bond acceptors (Lipinski definition) is 5. The average molecular weight is 425 g/mol. The van der Waals surface area contributed by atoms with E-state index in [0.29, 0.717) is 13.1 Å². The van der Waals surface area contributed by atoms with Gasteiger partial charge in [0.05, 0.1) is 13.7 Å². The standard InChI is InChI=1S/C23H32N6O2/c1-3-25-23(27-15-18-7-4-5-9-20(18)31-2)28-16-19-8-6-12-26-22(19)29-13-10-17(11-14-29)21(24)30/h4-9,12,17H,3,10-11,13-16H2,1-2H3,(H2,24,30)(H2,25,27,28). The summed E-state index contributed by atoms with van der Waals surface area (Å²) in [6.45, 7) is 5.46. The summed E-state index contributed by atoms with van der Waals surface area (Å²) >= 11 is 0. The van der Waals surface area contributed by atoms with Crippen LogP contribution in [-0.2, 0) is 17.9 Å². The van der Waals surface area contributed by atoms with Gasteiger partial charge in [0.1, 0.15) is 11.6 Å². The zero-order chi connectivity index (χ0) is 22.1. The third kappa shape index (κ3) is 6.10. The molecular formula is C23H32N6O2. The van der Waals surface area contributed by atoms with E-state index in [2.05, 4.69) is 26.6 Å². The molecule has 1 aliphatic heterocycles. The summed E-state index contributed by atoms with van der Waals surface area (Å²) < 4.78 is 5.42. The Kier molecular flexibility index (Phi) is 8.09. The van der Waals surface area contributed by atoms with Gasteiger partial charge < -0.3 is 26.0 Å². The van der Waals surface area contributed by atoms with Crippen LogP contribution in [0.3, 0.4) is 0 Å². The van der Waals surface area contributed by atoms with Gasteiger partial charge in [0, 0.05) is 49.4 Å². The van der Waals surface area contributed by atoms with Gasteiger partial charge in [0.25, 0.3) is 0 Å². The Hall–Kier alpha value is -3.29. The van der Waals surface area contributed by atoms with Gasteiger partial charge >= 0.3 is 0 Å². The smallest absolute Gasteiger partial charge is 0.220 e. The minimum atomic E-state index is -0.205. The van der Waals surface area contributed by atoms with Crippen LogP contribution < -0.4 is 26.0 Å². The van der Waals surface area contributed by atoms with Crippen molar-refractivity contribution in [1.82, 2.24) is 15.6 Å². The molecule has 8 nitrogen and oxygen atoms in total. The summed E-state index contributed by atoms with van der Waals surface area (Å²) in [7, 11) is 1.67. The van der Waals surface area contributed by atoms with E-state index in [9.17, 15) is 4.79 Å². The number of guanidine groups is 1. The molecule has 1 saturated heterocycles. The second-order valence-electron chi connectivity index (χ2n) is 7.51. The molecule has 1 amide bonds. The molecule has 0 unspecified atom stereocenters. The fourth-order valence-electron chi connectivity index (χ4n) is 3.75. The minimum absolute atomic E-state index is 0.0380. The number of nitrogens with zero attached hydrogens (tertiary/aromatic N) is 3. The van der Waals surface area contributed by atoms with Crippen LogP contribution in [0.25, 0.3) is 0 Å². The van der Waals surface area contributed by atoms with Gasteiger partial charge in [0.15, 0.2) is 5.96 Å². The molecule has 1 fully saturated rings. The second-order valence-corrected chi connectivity index (χ2v) is 7.51. The first-order chi connectivity index (χ1) is 15.1. The maximum absolute atomic E-state index is 11.5. The average Bonchev–Trinajstić information content (AvgIpc) is 2.81. The molecule has 1 aromatic carbocycles. The number of methoxy groups -OCH3 is 1. The van der Waals surface area contributed by atoms with Crippen LogP contribution in [0, 0.1) is 5.92 Å². The zero-order valence-corrected chi connectivity index (χ0v) is 18.3. The van der Waals surface area contributed by atoms with Crippen LogP contribution in [0.1, 0.15) is 30.9 Å². The summed E-state index contributed by atoms with van der Waals surface area (Å²) in [5.41, 5.74) is 7.58. The number of carbonyl (C=O) groups excluding carboxylic acids is 1. The summed E-state index contributed by atoms with van der Waals surface area (Å²) in [5, 5.41) is 6.70. The third-order valence-corrected chi connectivity index (χ3v) is 5.45. The molecule has 2 aromatic rings. The van der Waals surface area contributed by atoms with Crippen LogP contribution in [0.4, 0.5) is 5.82 Å². The number of hydrogen-bond donors (Lipinski definition) is 3. The number of para-hydroxylation sites is 1. The van der Waals surface area contributed by atoms with Crippen molar-refractivity contribution < 1.29 is 9.53 Å². The predicted molar refractivity (Wildman–Crippen MR) is 123 cm³/mol. The quantitative estimate of drug-likeness (QED) is 0.443. The van der Waals surface area contributed by atoms with Crippen molar-refractivity contribution in [2.75, 3.05) is 31.6 Å². The summed E-state index contributed by atoms with van der Waals surface area (Å²) in [4.78, 5) is 23.0. The van der Waals surface area contributed by atoms with Crippen LogP contribution in [0.2, 0.25) is 0 Å². The number of aliphatic imine (C=N–C) groups is 1. The lowest BCUT2D eigenvalue weighted by Crippen LogP contribution is -2.40. The minimum Gasteiger partial charge on any atom is -0.496 e. The maximum atomic E-state index is 11.5. The molecule has 0 aliphatic carbocycles. The van der Waals surface area contributed by atoms with E-state index in [1.807, 2.05) is 37.3 Å². The molecule has 166 valence electrons. The molecule has 2 heterocycles. The van der Waals surface area contributed by atoms with Gasteiger partial charge in [-0.1, -0.05) is 24.3 Å². The van der Waals surface area contributed by atoms with E-state index >= 15 is 0 Å². The Balaban J connectivity index is 1.66. The first kappa shape index (κ1) is 22.4. The highest BCUT2D eigenvalue weighted by Gasteiger charge is 2.24. The van der Waals surface area contributed by atoms with Crippen molar-refractivity contribution >= 4 is 17.7 Å². The van der Waals surface area contributed by atoms with Crippen molar-refractivity contribution in [3.05, 3.63) is 53.7 Å². The zero-order valence-electron chi connectivity index (χ0n) is 18.3. The number of amides is 1. The van der Waals surface area contributed by atoms with Crippen LogP contribution in [0.15, 0.2) is 47.6 Å². The number of aromatic nitrogens is 1. The molecular weight excluding hydrogens is 392 g/mol. The monoisotopic (exact) mass is 424 g/mol. The van der Waals surface area contributed by atoms with Crippen molar-refractivity contribution in [2.45, 2.75) is 32.9 Å². The number of benzene rings is 1. The summed E-state index contributed by atoms with van der Waals surface area (Å²) in [6, 6.07) is 11.9. The number of piperidine rings is 1. The molecule has 1 aliphatic rings. The van der Waals surface area contributed by atoms with Gasteiger partial charge in [-0.15, -0.1) is 0 Å². The molecule has 0 atom stereocenters. The normalized spacial score (nSPS) is 14.9. The highest BCUT2D eigenvalue weighted by molar-refractivity contribution is 5.80. The predicted octanol–water partition coefficient (Wildman–Crippen LogP) is 2.05. The van der Waals surface area contributed by atoms with E-state index in [1.165, 1.54) is 0 Å². The van der Waals surface area contributed by atoms with Gasteiger partial charge in [-0.3, -0.25) is 4.79 Å². The lowest BCUT2D eigenvalue weighted by Gasteiger charge is -2.32. The number of rotatable bonds is 8. The Morgan fingerprint density at radius 2 is 1.94 bits per heavy atom. The summed E-state index contributed by atoms with van der Waals surface area (Å²) in [6.07, 6.45) is 3.34. The van der Waals surface area contributed by atoms with E-state index in [0.717, 1.165) is 61.1 Å². The molecule has 8 heteroatoms. The highest BCUT2D eigenvalue weighted by atomic mass is 16.5. The lowest BCUT2D eigenvalue weighted by atomic mass is 9.96. The van der Waals surface area contributed by atoms with Crippen LogP contribution in [-0.4, -0.2) is 43.6 Å². The Morgan fingerprint density at radius 1 is 1.19 bits per heavy atom. The van der Waals surface area contributed by atoms with Gasteiger partial charge in [-0.2, -0.15) is 0 Å². The van der Waals surface area contributed by atoms with Crippen LogP contribution in [0.5, 0.6) is 5.75 Å². The fraction of sp³-hybridized carbons (Fsp3) is 0.435. The number of nitrogens with two attached hydrogens (primary N) is 1. The first-order valence-corrected chi connectivity index (χ1v) is 10.7. The number of pyridine rings is 1. The largest absolute Gasteiger partial charge is 0.496 e. The SMILES string of the molecule is CCNC(=NCc1ccccc1OC)NCc1cccnc1N1CCC(C(N)=O)CC1. The van der Waals surface area contributed by atoms with Crippen molar-refractivity contribution in [2.24, 2.45) is 16.6 Å². The first-order valence-electron chi connectivity index (χ1n) is 10.7. The van der Waals surface area contributed by atoms with Crippen molar-refractivity contribution in [1.29, 1.82) is 0 Å². The lowest BCUT2D eigenvalue weighted by molar-refractivity contribution is -0.122. The van der Waals surface area contributed by atoms with Gasteiger partial charge in [-0.05, 0) is 31.9 Å². The molecule has 0 spiro atoms. The number of ether oxygens (including phenoxy) is 1. The number of primary amides is 1. The highest BCUT2D eigenvalue weighted by Crippen LogP contribution is 2.24. The van der Waals surface area contributed by atoms with Gasteiger partial charge in [0.2, 0.25) is 5.91 Å². The maximum Gasteiger partial charge on any atom is 0.220 e. The molecule has 0 radical (unpaired) electrons. The Bertz CT molecular complexity index is 893. The fourth-order valence-corrected chi connectivity index (χ4v) is 3.75. The Labute approximate surface area is 183 Å². The van der Waals surface area contributed by atoms with Gasteiger partial charge in [-0.25, -0.2) is 9.98 Å². The molecule has 1 aromatic heterocycles. The topological polar surface area (TPSA) is 105 Å². The van der Waals surface area contributed by atoms with E-state index < -0.39 is 0 Å². The number of carbonyl (C=O) groups is 1. The Morgan fingerprint density at radius 3 is 2.65 bits per heavy atom. The third-order valence-electron chi connectivity index (χ3n) is 5.45. The number of anilines is 1. The molecule has 3 rings (SSSR count). The van der Waals surface area contributed by atoms with E-state index in [-0.39, 0.29) is 11.8 Å². The van der Waals surface area contributed by atoms with E-state index in [1.54, 1.807) is 13.3 Å². The van der Waals surface area contributed by atoms with Crippen molar-refractivity contribution in [3.63, 3.8) is 0 Å². The van der Waals surface area contributed by atoms with E-state index in [4.69, 9.17) is 15.5 Å². The molecule has 0 bridgehead atoms. The second kappa shape index (κ2) is 11.2. The van der Waals surface area contributed by atoms with Crippen LogP contribution >= 0.6 is 0 Å². The van der Waals surface area contributed by atoms with Crippen molar-refractivity contribution in [3.8, 4) is 5.75 Å². The number of nitrogens with one attached hydrogen (secondary N) is 2. The molecule has 31 heavy (non-hydrogen) atoms. The molecule has 4 N–H and O–H groups in total. The summed E-state index contributed by atoms with van der Waals surface area (Å²) in [5.74, 6) is 2.26.